The number of nitrogens with one attached hydrogen (secondary N) is 1. The predicted octanol–water partition coefficient (Wildman–Crippen LogP) is 3.04. The highest BCUT2D eigenvalue weighted by atomic mass is 16.5. The first-order valence-electron chi connectivity index (χ1n) is 6.48. The molecule has 0 saturated heterocycles. The zero-order valence-corrected chi connectivity index (χ0v) is 11.1. The molecule has 3 nitrogen and oxygen atoms in total. The summed E-state index contributed by atoms with van der Waals surface area (Å²) in [4.78, 5) is 0. The molecule has 1 heterocycles. The minimum atomic E-state index is 0.260. The number of methoxy groups -OCH3 is 1. The summed E-state index contributed by atoms with van der Waals surface area (Å²) in [6.45, 7) is 3.01. The lowest BCUT2D eigenvalue weighted by Gasteiger charge is -2.23. The van der Waals surface area contributed by atoms with E-state index in [9.17, 15) is 0 Å². The number of para-hydroxylation sites is 1. The largest absolute Gasteiger partial charge is 0.497 e. The van der Waals surface area contributed by atoms with Crippen LogP contribution in [0.1, 0.15) is 31.4 Å². The van der Waals surface area contributed by atoms with Gasteiger partial charge in [0.15, 0.2) is 0 Å². The van der Waals surface area contributed by atoms with Gasteiger partial charge in [-0.2, -0.15) is 0 Å². The number of rotatable bonds is 5. The molecule has 2 unspecified atom stereocenters. The van der Waals surface area contributed by atoms with Crippen LogP contribution in [0.3, 0.4) is 0 Å². The van der Waals surface area contributed by atoms with E-state index in [4.69, 9.17) is 9.47 Å². The first kappa shape index (κ1) is 13.0. The summed E-state index contributed by atoms with van der Waals surface area (Å²) >= 11 is 0. The Morgan fingerprint density at radius 3 is 3.00 bits per heavy atom. The molecule has 1 aromatic rings. The van der Waals surface area contributed by atoms with Gasteiger partial charge in [-0.25, -0.2) is 0 Å². The van der Waals surface area contributed by atoms with E-state index in [2.05, 4.69) is 24.4 Å². The van der Waals surface area contributed by atoms with E-state index < -0.39 is 0 Å². The van der Waals surface area contributed by atoms with E-state index in [1.54, 1.807) is 7.11 Å². The quantitative estimate of drug-likeness (QED) is 0.867. The third-order valence-electron chi connectivity index (χ3n) is 3.28. The first-order chi connectivity index (χ1) is 8.81. The minimum Gasteiger partial charge on any atom is -0.497 e. The van der Waals surface area contributed by atoms with Gasteiger partial charge < -0.3 is 14.8 Å². The van der Waals surface area contributed by atoms with Crippen LogP contribution in [0.5, 0.6) is 5.75 Å². The van der Waals surface area contributed by atoms with Crippen molar-refractivity contribution >= 4 is 0 Å². The molecule has 1 aliphatic heterocycles. The van der Waals surface area contributed by atoms with Crippen molar-refractivity contribution in [3.63, 3.8) is 0 Å². The summed E-state index contributed by atoms with van der Waals surface area (Å²) in [5.74, 6) is 0.932. The molecule has 2 atom stereocenters. The lowest BCUT2D eigenvalue weighted by atomic mass is 10.1. The van der Waals surface area contributed by atoms with E-state index in [-0.39, 0.29) is 12.1 Å². The summed E-state index contributed by atoms with van der Waals surface area (Å²) in [7, 11) is 1.71. The van der Waals surface area contributed by atoms with Crippen LogP contribution < -0.4 is 10.1 Å². The molecular weight excluding hydrogens is 226 g/mol. The number of benzene rings is 1. The van der Waals surface area contributed by atoms with Crippen molar-refractivity contribution < 1.29 is 9.47 Å². The molecule has 0 aliphatic carbocycles. The Bertz CT molecular complexity index is 403. The molecule has 1 aliphatic rings. The Morgan fingerprint density at radius 1 is 1.44 bits per heavy atom. The summed E-state index contributed by atoms with van der Waals surface area (Å²) < 4.78 is 10.9. The van der Waals surface area contributed by atoms with Gasteiger partial charge in [0.2, 0.25) is 0 Å². The van der Waals surface area contributed by atoms with Crippen LogP contribution >= 0.6 is 0 Å². The van der Waals surface area contributed by atoms with Crippen molar-refractivity contribution in [1.82, 2.24) is 5.32 Å². The van der Waals surface area contributed by atoms with Crippen molar-refractivity contribution in [2.45, 2.75) is 31.9 Å². The standard InChI is InChI=1S/C15H21NO2/c1-12(14-8-3-4-9-15(14)17-2)16-11-13-7-5-6-10-18-13/h3-4,6,8-10,12-13,16H,5,7,11H2,1-2H3. The van der Waals surface area contributed by atoms with Gasteiger partial charge in [0.1, 0.15) is 11.9 Å². The molecule has 0 radical (unpaired) electrons. The van der Waals surface area contributed by atoms with Gasteiger partial charge in [0, 0.05) is 18.2 Å². The van der Waals surface area contributed by atoms with Gasteiger partial charge in [-0.3, -0.25) is 0 Å². The number of ether oxygens (including phenoxy) is 2. The normalized spacial score (nSPS) is 20.2. The van der Waals surface area contributed by atoms with Gasteiger partial charge >= 0.3 is 0 Å². The smallest absolute Gasteiger partial charge is 0.123 e. The average Bonchev–Trinajstić information content (AvgIpc) is 2.45. The molecule has 0 aromatic heterocycles. The van der Waals surface area contributed by atoms with Crippen LogP contribution in [-0.2, 0) is 4.74 Å². The molecule has 0 spiro atoms. The molecule has 2 rings (SSSR count). The minimum absolute atomic E-state index is 0.260. The van der Waals surface area contributed by atoms with Crippen molar-refractivity contribution in [1.29, 1.82) is 0 Å². The topological polar surface area (TPSA) is 30.5 Å². The van der Waals surface area contributed by atoms with Crippen LogP contribution in [0.25, 0.3) is 0 Å². The lowest BCUT2D eigenvalue weighted by Crippen LogP contribution is -2.31. The maximum Gasteiger partial charge on any atom is 0.123 e. The second-order valence-corrected chi connectivity index (χ2v) is 4.58. The first-order valence-corrected chi connectivity index (χ1v) is 6.48. The molecule has 98 valence electrons. The Morgan fingerprint density at radius 2 is 2.28 bits per heavy atom. The summed E-state index contributed by atoms with van der Waals surface area (Å²) in [5, 5.41) is 3.50. The van der Waals surface area contributed by atoms with Gasteiger partial charge in [0.25, 0.3) is 0 Å². The second-order valence-electron chi connectivity index (χ2n) is 4.58. The molecule has 1 aromatic carbocycles. The molecule has 1 N–H and O–H groups in total. The maximum atomic E-state index is 5.55. The predicted molar refractivity (Wildman–Crippen MR) is 72.7 cm³/mol. The van der Waals surface area contributed by atoms with Crippen molar-refractivity contribution in [2.24, 2.45) is 0 Å². The Balaban J connectivity index is 1.90. The zero-order valence-electron chi connectivity index (χ0n) is 11.1. The van der Waals surface area contributed by atoms with Crippen LogP contribution in [0, 0.1) is 0 Å². The molecule has 0 amide bonds. The fraction of sp³-hybridized carbons (Fsp3) is 0.467. The molecular formula is C15H21NO2. The fourth-order valence-corrected chi connectivity index (χ4v) is 2.18. The van der Waals surface area contributed by atoms with Gasteiger partial charge in [-0.15, -0.1) is 0 Å². The van der Waals surface area contributed by atoms with Crippen LogP contribution in [-0.4, -0.2) is 19.8 Å². The third-order valence-corrected chi connectivity index (χ3v) is 3.28. The highest BCUT2D eigenvalue weighted by Gasteiger charge is 2.14. The van der Waals surface area contributed by atoms with Crippen molar-refractivity contribution in [3.05, 3.63) is 42.2 Å². The van der Waals surface area contributed by atoms with Crippen molar-refractivity contribution in [2.75, 3.05) is 13.7 Å². The zero-order chi connectivity index (χ0) is 12.8. The number of hydrogen-bond acceptors (Lipinski definition) is 3. The molecule has 0 saturated carbocycles. The Labute approximate surface area is 109 Å². The highest BCUT2D eigenvalue weighted by molar-refractivity contribution is 5.35. The monoisotopic (exact) mass is 247 g/mol. The van der Waals surface area contributed by atoms with E-state index in [0.717, 1.165) is 25.1 Å². The van der Waals surface area contributed by atoms with E-state index >= 15 is 0 Å². The van der Waals surface area contributed by atoms with Gasteiger partial charge in [-0.05, 0) is 31.9 Å². The van der Waals surface area contributed by atoms with Crippen molar-refractivity contribution in [3.8, 4) is 5.75 Å². The van der Waals surface area contributed by atoms with Gasteiger partial charge in [0.05, 0.1) is 13.4 Å². The van der Waals surface area contributed by atoms with Crippen LogP contribution in [0.15, 0.2) is 36.6 Å². The highest BCUT2D eigenvalue weighted by Crippen LogP contribution is 2.24. The molecule has 0 bridgehead atoms. The fourth-order valence-electron chi connectivity index (χ4n) is 2.18. The lowest BCUT2D eigenvalue weighted by molar-refractivity contribution is 0.119. The van der Waals surface area contributed by atoms with Crippen LogP contribution in [0.2, 0.25) is 0 Å². The maximum absolute atomic E-state index is 5.55. The molecule has 3 heteroatoms. The Hall–Kier alpha value is -1.48. The van der Waals surface area contributed by atoms with E-state index in [0.29, 0.717) is 0 Å². The summed E-state index contributed by atoms with van der Waals surface area (Å²) in [6, 6.07) is 8.38. The van der Waals surface area contributed by atoms with E-state index in [1.165, 1.54) is 5.56 Å². The molecule has 18 heavy (non-hydrogen) atoms. The van der Waals surface area contributed by atoms with Crippen LogP contribution in [0.4, 0.5) is 0 Å². The summed E-state index contributed by atoms with van der Waals surface area (Å²) in [5.41, 5.74) is 1.19. The molecule has 0 fully saturated rings. The number of hydrogen-bond donors (Lipinski definition) is 1. The Kier molecular flexibility index (Phi) is 4.65. The van der Waals surface area contributed by atoms with E-state index in [1.807, 2.05) is 24.5 Å². The van der Waals surface area contributed by atoms with Gasteiger partial charge in [-0.1, -0.05) is 18.2 Å². The summed E-state index contributed by atoms with van der Waals surface area (Å²) in [6.07, 6.45) is 6.36. The average molecular weight is 247 g/mol. The number of allylic oxidation sites excluding steroid dienone is 1. The SMILES string of the molecule is COc1ccccc1C(C)NCC1CCC=CO1. The second kappa shape index (κ2) is 6.45. The third kappa shape index (κ3) is 3.26.